The number of fused-ring (bicyclic) bond motifs is 1. The lowest BCUT2D eigenvalue weighted by Crippen LogP contribution is -2.39. The summed E-state index contributed by atoms with van der Waals surface area (Å²) in [5.74, 6) is 3.09. The SMILES string of the molecule is CCCCCNC(=NC)NCCOc1ccc2c(c1)OCO2. The number of nitrogens with zero attached hydrogens (tertiary/aromatic N) is 1. The Kier molecular flexibility index (Phi) is 6.67. The van der Waals surface area contributed by atoms with E-state index in [0.29, 0.717) is 13.2 Å². The van der Waals surface area contributed by atoms with Crippen molar-refractivity contribution in [2.75, 3.05) is 33.5 Å². The maximum absolute atomic E-state index is 5.69. The summed E-state index contributed by atoms with van der Waals surface area (Å²) < 4.78 is 16.3. The fourth-order valence-corrected chi connectivity index (χ4v) is 2.11. The third kappa shape index (κ3) is 5.02. The van der Waals surface area contributed by atoms with Gasteiger partial charge in [0.1, 0.15) is 12.4 Å². The number of aliphatic imine (C=N–C) groups is 1. The molecular weight excluding hydrogens is 282 g/mol. The molecule has 2 rings (SSSR count). The highest BCUT2D eigenvalue weighted by Crippen LogP contribution is 2.34. The zero-order valence-electron chi connectivity index (χ0n) is 13.4. The van der Waals surface area contributed by atoms with Gasteiger partial charge in [-0.05, 0) is 18.6 Å². The normalized spacial score (nSPS) is 13.1. The lowest BCUT2D eigenvalue weighted by Gasteiger charge is -2.12. The molecule has 0 unspecified atom stereocenters. The molecule has 2 N–H and O–H groups in total. The standard InChI is InChI=1S/C16H25N3O3/c1-3-4-5-8-18-16(17-2)19-9-10-20-13-6-7-14-15(11-13)22-12-21-14/h6-7,11H,3-5,8-10,12H2,1-2H3,(H2,17,18,19). The van der Waals surface area contributed by atoms with Gasteiger partial charge in [0.15, 0.2) is 17.5 Å². The van der Waals surface area contributed by atoms with Gasteiger partial charge in [-0.25, -0.2) is 0 Å². The number of nitrogens with one attached hydrogen (secondary N) is 2. The maximum atomic E-state index is 5.69. The van der Waals surface area contributed by atoms with E-state index in [1.54, 1.807) is 7.05 Å². The number of ether oxygens (including phenoxy) is 3. The van der Waals surface area contributed by atoms with Crippen molar-refractivity contribution in [1.82, 2.24) is 10.6 Å². The van der Waals surface area contributed by atoms with Gasteiger partial charge < -0.3 is 24.8 Å². The van der Waals surface area contributed by atoms with Crippen molar-refractivity contribution in [1.29, 1.82) is 0 Å². The maximum Gasteiger partial charge on any atom is 0.231 e. The third-order valence-corrected chi connectivity index (χ3v) is 3.30. The number of hydrogen-bond acceptors (Lipinski definition) is 4. The molecule has 22 heavy (non-hydrogen) atoms. The van der Waals surface area contributed by atoms with Gasteiger partial charge in [0.2, 0.25) is 6.79 Å². The molecule has 1 aliphatic rings. The van der Waals surface area contributed by atoms with Crippen molar-refractivity contribution in [3.05, 3.63) is 18.2 Å². The Hall–Kier alpha value is -2.11. The van der Waals surface area contributed by atoms with E-state index < -0.39 is 0 Å². The van der Waals surface area contributed by atoms with Gasteiger partial charge in [-0.1, -0.05) is 19.8 Å². The second kappa shape index (κ2) is 9.02. The minimum absolute atomic E-state index is 0.278. The van der Waals surface area contributed by atoms with Crippen LogP contribution in [0.4, 0.5) is 0 Å². The number of hydrogen-bond donors (Lipinski definition) is 2. The quantitative estimate of drug-likeness (QED) is 0.438. The molecule has 6 nitrogen and oxygen atoms in total. The second-order valence-corrected chi connectivity index (χ2v) is 5.00. The minimum Gasteiger partial charge on any atom is -0.492 e. The fraction of sp³-hybridized carbons (Fsp3) is 0.562. The van der Waals surface area contributed by atoms with Crippen molar-refractivity contribution in [3.8, 4) is 17.2 Å². The predicted molar refractivity (Wildman–Crippen MR) is 86.9 cm³/mol. The van der Waals surface area contributed by atoms with Crippen molar-refractivity contribution in [2.45, 2.75) is 26.2 Å². The first-order valence-electron chi connectivity index (χ1n) is 7.80. The summed E-state index contributed by atoms with van der Waals surface area (Å²) in [6.07, 6.45) is 3.61. The Labute approximate surface area is 131 Å². The van der Waals surface area contributed by atoms with Crippen molar-refractivity contribution >= 4 is 5.96 Å². The number of guanidine groups is 1. The lowest BCUT2D eigenvalue weighted by molar-refractivity contribution is 0.173. The van der Waals surface area contributed by atoms with E-state index in [0.717, 1.165) is 36.2 Å². The summed E-state index contributed by atoms with van der Waals surface area (Å²) in [6.45, 7) is 4.65. The van der Waals surface area contributed by atoms with Crippen LogP contribution in [0, 0.1) is 0 Å². The van der Waals surface area contributed by atoms with Gasteiger partial charge in [-0.3, -0.25) is 4.99 Å². The van der Waals surface area contributed by atoms with Gasteiger partial charge in [0.05, 0.1) is 6.54 Å². The molecule has 0 spiro atoms. The number of benzene rings is 1. The average Bonchev–Trinajstić information content (AvgIpc) is 3.01. The van der Waals surface area contributed by atoms with Crippen molar-refractivity contribution in [2.24, 2.45) is 4.99 Å². The molecule has 1 aromatic rings. The molecule has 6 heteroatoms. The molecule has 0 atom stereocenters. The first-order valence-corrected chi connectivity index (χ1v) is 7.80. The highest BCUT2D eigenvalue weighted by molar-refractivity contribution is 5.79. The molecule has 0 radical (unpaired) electrons. The minimum atomic E-state index is 0.278. The monoisotopic (exact) mass is 307 g/mol. The van der Waals surface area contributed by atoms with Crippen molar-refractivity contribution in [3.63, 3.8) is 0 Å². The molecule has 0 fully saturated rings. The van der Waals surface area contributed by atoms with Crippen molar-refractivity contribution < 1.29 is 14.2 Å². The Bertz CT molecular complexity index is 492. The number of rotatable bonds is 8. The van der Waals surface area contributed by atoms with Crippen LogP contribution in [0.15, 0.2) is 23.2 Å². The molecular formula is C16H25N3O3. The topological polar surface area (TPSA) is 64.1 Å². The van der Waals surface area contributed by atoms with E-state index in [-0.39, 0.29) is 6.79 Å². The van der Waals surface area contributed by atoms with Gasteiger partial charge in [-0.2, -0.15) is 0 Å². The molecule has 1 heterocycles. The first kappa shape index (κ1) is 16.3. The molecule has 0 saturated carbocycles. The van der Waals surface area contributed by atoms with Crippen LogP contribution in [0.3, 0.4) is 0 Å². The average molecular weight is 307 g/mol. The summed E-state index contributed by atoms with van der Waals surface area (Å²) in [5, 5.41) is 6.51. The van der Waals surface area contributed by atoms with Crippen LogP contribution >= 0.6 is 0 Å². The summed E-state index contributed by atoms with van der Waals surface area (Å²) in [7, 11) is 1.77. The van der Waals surface area contributed by atoms with E-state index in [9.17, 15) is 0 Å². The van der Waals surface area contributed by atoms with E-state index in [4.69, 9.17) is 14.2 Å². The fourth-order valence-electron chi connectivity index (χ4n) is 2.11. The molecule has 122 valence electrons. The molecule has 0 bridgehead atoms. The smallest absolute Gasteiger partial charge is 0.231 e. The Morgan fingerprint density at radius 1 is 1.18 bits per heavy atom. The summed E-state index contributed by atoms with van der Waals surface area (Å²) in [4.78, 5) is 4.18. The van der Waals surface area contributed by atoms with E-state index >= 15 is 0 Å². The number of unbranched alkanes of at least 4 members (excludes halogenated alkanes) is 2. The largest absolute Gasteiger partial charge is 0.492 e. The van der Waals surface area contributed by atoms with E-state index in [1.165, 1.54) is 12.8 Å². The van der Waals surface area contributed by atoms with Crippen LogP contribution in [0.2, 0.25) is 0 Å². The highest BCUT2D eigenvalue weighted by Gasteiger charge is 2.13. The zero-order chi connectivity index (χ0) is 15.6. The molecule has 0 amide bonds. The molecule has 1 aliphatic heterocycles. The summed E-state index contributed by atoms with van der Waals surface area (Å²) in [5.41, 5.74) is 0. The Morgan fingerprint density at radius 3 is 2.82 bits per heavy atom. The van der Waals surface area contributed by atoms with Gasteiger partial charge >= 0.3 is 0 Å². The molecule has 1 aromatic carbocycles. The Balaban J connectivity index is 1.63. The molecule has 0 aliphatic carbocycles. The summed E-state index contributed by atoms with van der Waals surface area (Å²) >= 11 is 0. The van der Waals surface area contributed by atoms with Gasteiger partial charge in [0, 0.05) is 19.7 Å². The Morgan fingerprint density at radius 2 is 2.00 bits per heavy atom. The highest BCUT2D eigenvalue weighted by atomic mass is 16.7. The van der Waals surface area contributed by atoms with Crippen LogP contribution in [-0.4, -0.2) is 39.5 Å². The van der Waals surface area contributed by atoms with Crippen LogP contribution < -0.4 is 24.8 Å². The van der Waals surface area contributed by atoms with Crippen LogP contribution in [0.1, 0.15) is 26.2 Å². The third-order valence-electron chi connectivity index (χ3n) is 3.30. The van der Waals surface area contributed by atoms with Crippen LogP contribution in [0.5, 0.6) is 17.2 Å². The van der Waals surface area contributed by atoms with E-state index in [1.807, 2.05) is 18.2 Å². The zero-order valence-corrected chi connectivity index (χ0v) is 13.4. The lowest BCUT2D eigenvalue weighted by atomic mass is 10.2. The van der Waals surface area contributed by atoms with Crippen LogP contribution in [0.25, 0.3) is 0 Å². The van der Waals surface area contributed by atoms with Gasteiger partial charge in [0.25, 0.3) is 0 Å². The van der Waals surface area contributed by atoms with E-state index in [2.05, 4.69) is 22.5 Å². The molecule has 0 aromatic heterocycles. The first-order chi connectivity index (χ1) is 10.8. The predicted octanol–water partition coefficient (Wildman–Crippen LogP) is 2.15. The second-order valence-electron chi connectivity index (χ2n) is 5.00. The van der Waals surface area contributed by atoms with Crippen LogP contribution in [-0.2, 0) is 0 Å². The van der Waals surface area contributed by atoms with Gasteiger partial charge in [-0.15, -0.1) is 0 Å². The molecule has 0 saturated heterocycles. The summed E-state index contributed by atoms with van der Waals surface area (Å²) in [6, 6.07) is 5.59.